The van der Waals surface area contributed by atoms with Gasteiger partial charge in [-0.15, -0.1) is 0 Å². The molecule has 4 aliphatic rings. The van der Waals surface area contributed by atoms with Gasteiger partial charge in [0.1, 0.15) is 12.2 Å². The first-order chi connectivity index (χ1) is 20.6. The van der Waals surface area contributed by atoms with Crippen molar-refractivity contribution in [3.8, 4) is 0 Å². The van der Waals surface area contributed by atoms with Crippen LogP contribution in [-0.2, 0) is 28.5 Å². The maximum absolute atomic E-state index is 13.6. The molecule has 4 heterocycles. The number of amides is 1. The van der Waals surface area contributed by atoms with Crippen molar-refractivity contribution in [2.24, 2.45) is 17.8 Å². The maximum atomic E-state index is 13.6. The molecule has 44 heavy (non-hydrogen) atoms. The molecule has 0 aromatic rings. The third-order valence-electron chi connectivity index (χ3n) is 10.8. The van der Waals surface area contributed by atoms with E-state index in [4.69, 9.17) is 23.7 Å². The minimum Gasteiger partial charge on any atom is -0.455 e. The Morgan fingerprint density at radius 3 is 2.48 bits per heavy atom. The highest BCUT2D eigenvalue weighted by molar-refractivity contribution is 5.88. The van der Waals surface area contributed by atoms with Gasteiger partial charge in [0.2, 0.25) is 0 Å². The first-order valence-electron chi connectivity index (χ1n) is 16.4. The molecule has 0 unspecified atom stereocenters. The SMILES string of the molecule is CC[C@H]1OC(=O)/C(C)=C/[C@H](C)[C@@H](O[C@@H]2O[C@H](C)C[C@H](N(C)C)[C@H]2O)[C@](C)(OC)C[C@@H](C)[C@@H]2NCCN3C(=O)O[C@@]1(C)[C@H]3[C@@H]2C. The number of likely N-dealkylation sites (N-methyl/N-ethyl adjacent to an activating group) is 1. The Kier molecular flexibility index (Phi) is 10.8. The van der Waals surface area contributed by atoms with Crippen molar-refractivity contribution in [1.82, 2.24) is 15.1 Å². The topological polar surface area (TPSA) is 119 Å². The van der Waals surface area contributed by atoms with Crippen molar-refractivity contribution >= 4 is 12.1 Å². The van der Waals surface area contributed by atoms with Crippen LogP contribution in [0.1, 0.15) is 74.7 Å². The lowest BCUT2D eigenvalue weighted by Gasteiger charge is -2.48. The van der Waals surface area contributed by atoms with Crippen LogP contribution in [0.5, 0.6) is 0 Å². The van der Waals surface area contributed by atoms with Crippen molar-refractivity contribution in [2.45, 2.75) is 135 Å². The number of aliphatic hydroxyl groups is 1. The standard InChI is InChI=1S/C33H57N3O8/c1-12-24-33(8)27-22(6)25(34-13-14-36(27)31(39)44-33)20(4)17-32(7,40-11)28(18(2)15-19(3)29(38)42-24)43-30-26(37)23(35(9)10)16-21(5)41-30/h15,18,20-28,30,34,37H,12-14,16-17H2,1-11H3/b19-15+/t18-,20+,21+,22+,23-,24+,25-,26+,27+,28+,30-,32+,33+/m0/s1. The second kappa shape index (κ2) is 13.5. The van der Waals surface area contributed by atoms with Gasteiger partial charge in [0.15, 0.2) is 11.9 Å². The predicted molar refractivity (Wildman–Crippen MR) is 166 cm³/mol. The maximum Gasteiger partial charge on any atom is 0.410 e. The van der Waals surface area contributed by atoms with E-state index in [1.54, 1.807) is 14.0 Å². The number of rotatable bonds is 5. The van der Waals surface area contributed by atoms with E-state index in [1.807, 2.05) is 64.6 Å². The Balaban J connectivity index is 1.79. The van der Waals surface area contributed by atoms with E-state index in [0.717, 1.165) is 0 Å². The van der Waals surface area contributed by atoms with Crippen molar-refractivity contribution in [1.29, 1.82) is 0 Å². The normalized spacial score (nSPS) is 46.9. The number of aliphatic hydroxyl groups excluding tert-OH is 1. The van der Waals surface area contributed by atoms with Crippen molar-refractivity contribution in [2.75, 3.05) is 34.3 Å². The number of hydrogen-bond acceptors (Lipinski definition) is 10. The van der Waals surface area contributed by atoms with Crippen LogP contribution in [0.4, 0.5) is 4.79 Å². The summed E-state index contributed by atoms with van der Waals surface area (Å²) < 4.78 is 31.5. The molecule has 13 atom stereocenters. The smallest absolute Gasteiger partial charge is 0.410 e. The minimum atomic E-state index is -1.01. The number of esters is 1. The van der Waals surface area contributed by atoms with Crippen LogP contribution in [0.3, 0.4) is 0 Å². The number of hydrogen-bond donors (Lipinski definition) is 2. The molecular formula is C33H57N3O8. The summed E-state index contributed by atoms with van der Waals surface area (Å²) in [5.74, 6) is -0.709. The van der Waals surface area contributed by atoms with Crippen LogP contribution < -0.4 is 5.32 Å². The highest BCUT2D eigenvalue weighted by atomic mass is 16.7. The van der Waals surface area contributed by atoms with E-state index in [0.29, 0.717) is 37.9 Å². The van der Waals surface area contributed by atoms with Crippen LogP contribution in [-0.4, -0.2) is 121 Å². The van der Waals surface area contributed by atoms with Crippen molar-refractivity contribution < 1.29 is 38.4 Å². The second-order valence-electron chi connectivity index (χ2n) is 14.4. The molecule has 4 aliphatic heterocycles. The van der Waals surface area contributed by atoms with Crippen LogP contribution in [0.15, 0.2) is 11.6 Å². The third kappa shape index (κ3) is 6.55. The summed E-state index contributed by atoms with van der Waals surface area (Å²) in [6.45, 7) is 17.1. The molecule has 4 rings (SSSR count). The Morgan fingerprint density at radius 1 is 1.18 bits per heavy atom. The third-order valence-corrected chi connectivity index (χ3v) is 10.8. The van der Waals surface area contributed by atoms with Gasteiger partial charge in [0, 0.05) is 43.8 Å². The van der Waals surface area contributed by atoms with Crippen molar-refractivity contribution in [3.05, 3.63) is 11.6 Å². The first-order valence-corrected chi connectivity index (χ1v) is 16.4. The molecular weight excluding hydrogens is 566 g/mol. The number of carbonyl (C=O) groups excluding carboxylic acids is 2. The number of cyclic esters (lactones) is 1. The number of carbonyl (C=O) groups is 2. The summed E-state index contributed by atoms with van der Waals surface area (Å²) >= 11 is 0. The zero-order chi connectivity index (χ0) is 32.7. The van der Waals surface area contributed by atoms with Gasteiger partial charge in [-0.2, -0.15) is 0 Å². The molecule has 2 bridgehead atoms. The van der Waals surface area contributed by atoms with E-state index in [2.05, 4.69) is 19.2 Å². The van der Waals surface area contributed by atoms with Gasteiger partial charge in [0.25, 0.3) is 0 Å². The fraction of sp³-hybridized carbons (Fsp3) is 0.879. The van der Waals surface area contributed by atoms with Crippen molar-refractivity contribution in [3.63, 3.8) is 0 Å². The Bertz CT molecular complexity index is 1070. The largest absolute Gasteiger partial charge is 0.455 e. The molecule has 1 amide bonds. The highest BCUT2D eigenvalue weighted by Crippen LogP contribution is 2.44. The zero-order valence-corrected chi connectivity index (χ0v) is 28.7. The summed E-state index contributed by atoms with van der Waals surface area (Å²) in [6, 6.07) is -0.419. The fourth-order valence-corrected chi connectivity index (χ4v) is 8.56. The summed E-state index contributed by atoms with van der Waals surface area (Å²) in [5.41, 5.74) is -1.41. The van der Waals surface area contributed by atoms with Crippen LogP contribution in [0.2, 0.25) is 0 Å². The molecule has 0 aliphatic carbocycles. The summed E-state index contributed by atoms with van der Waals surface area (Å²) in [6.07, 6.45) is 0.232. The number of fused-ring (bicyclic) bond motifs is 1. The number of nitrogens with one attached hydrogen (secondary N) is 1. The lowest BCUT2D eigenvalue weighted by Crippen LogP contribution is -2.60. The van der Waals surface area contributed by atoms with E-state index < -0.39 is 41.8 Å². The molecule has 11 heteroatoms. The molecule has 3 saturated heterocycles. The number of methoxy groups -OCH3 is 1. The summed E-state index contributed by atoms with van der Waals surface area (Å²) in [4.78, 5) is 30.7. The van der Waals surface area contributed by atoms with Gasteiger partial charge >= 0.3 is 12.1 Å². The minimum absolute atomic E-state index is 0.00680. The molecule has 0 aromatic carbocycles. The Hall–Kier alpha value is -1.76. The average Bonchev–Trinajstić information content (AvgIpc) is 3.08. The number of ether oxygens (including phenoxy) is 5. The molecule has 0 radical (unpaired) electrons. The number of nitrogens with zero attached hydrogens (tertiary/aromatic N) is 2. The quantitative estimate of drug-likeness (QED) is 0.442. The zero-order valence-electron chi connectivity index (χ0n) is 28.7. The van der Waals surface area contributed by atoms with Gasteiger partial charge < -0.3 is 39.0 Å². The molecule has 0 spiro atoms. The predicted octanol–water partition coefficient (Wildman–Crippen LogP) is 3.33. The molecule has 0 saturated carbocycles. The van der Waals surface area contributed by atoms with Gasteiger partial charge in [-0.25, -0.2) is 9.59 Å². The van der Waals surface area contributed by atoms with Crippen LogP contribution in [0, 0.1) is 17.8 Å². The summed E-state index contributed by atoms with van der Waals surface area (Å²) in [5, 5.41) is 15.1. The lowest BCUT2D eigenvalue weighted by atomic mass is 9.72. The molecule has 0 aromatic heterocycles. The highest BCUT2D eigenvalue weighted by Gasteiger charge is 2.60. The average molecular weight is 624 g/mol. The van der Waals surface area contributed by atoms with Gasteiger partial charge in [0.05, 0.1) is 23.9 Å². The van der Waals surface area contributed by atoms with E-state index >= 15 is 0 Å². The van der Waals surface area contributed by atoms with Crippen LogP contribution in [0.25, 0.3) is 0 Å². The molecule has 11 nitrogen and oxygen atoms in total. The van der Waals surface area contributed by atoms with Gasteiger partial charge in [-0.05, 0) is 72.9 Å². The first kappa shape index (κ1) is 35.1. The Labute approximate surface area is 263 Å². The van der Waals surface area contributed by atoms with E-state index in [9.17, 15) is 14.7 Å². The fourth-order valence-electron chi connectivity index (χ4n) is 8.56. The lowest BCUT2D eigenvalue weighted by molar-refractivity contribution is -0.295. The molecule has 2 N–H and O–H groups in total. The Morgan fingerprint density at radius 2 is 1.86 bits per heavy atom. The van der Waals surface area contributed by atoms with Gasteiger partial charge in [-0.3, -0.25) is 4.90 Å². The van der Waals surface area contributed by atoms with Gasteiger partial charge in [-0.1, -0.05) is 33.8 Å². The summed E-state index contributed by atoms with van der Waals surface area (Å²) in [7, 11) is 5.59. The van der Waals surface area contributed by atoms with Crippen LogP contribution >= 0.6 is 0 Å². The second-order valence-corrected chi connectivity index (χ2v) is 14.4. The molecule has 3 fully saturated rings. The monoisotopic (exact) mass is 623 g/mol. The van der Waals surface area contributed by atoms with E-state index in [1.165, 1.54) is 0 Å². The molecule has 252 valence electrons. The van der Waals surface area contributed by atoms with E-state index in [-0.39, 0.29) is 48.1 Å².